The summed E-state index contributed by atoms with van der Waals surface area (Å²) in [5.41, 5.74) is 0. The molecule has 2 aromatic rings. The molecule has 1 aromatic heterocycles. The van der Waals surface area contributed by atoms with Crippen molar-refractivity contribution >= 4 is 31.4 Å². The second-order valence-corrected chi connectivity index (χ2v) is 10.2. The molecule has 0 aliphatic carbocycles. The SMILES string of the molecule is CN(C)S(=O)(=O)NCC(c1cccs1)S(=O)(=O)c1ccc(F)cc1. The molecule has 0 spiro atoms. The van der Waals surface area contributed by atoms with Crippen LogP contribution in [-0.4, -0.2) is 41.8 Å². The zero-order chi connectivity index (χ0) is 18.0. The van der Waals surface area contributed by atoms with Crippen LogP contribution in [0.5, 0.6) is 0 Å². The van der Waals surface area contributed by atoms with E-state index in [1.165, 1.54) is 37.6 Å². The Morgan fingerprint density at radius 2 is 1.75 bits per heavy atom. The lowest BCUT2D eigenvalue weighted by molar-refractivity contribution is 0.504. The van der Waals surface area contributed by atoms with Gasteiger partial charge in [-0.3, -0.25) is 0 Å². The maximum Gasteiger partial charge on any atom is 0.278 e. The molecule has 0 saturated carbocycles. The molecule has 2 rings (SSSR count). The quantitative estimate of drug-likeness (QED) is 0.729. The first-order chi connectivity index (χ1) is 11.1. The summed E-state index contributed by atoms with van der Waals surface area (Å²) in [5, 5.41) is 0.612. The van der Waals surface area contributed by atoms with Crippen LogP contribution in [0, 0.1) is 5.82 Å². The number of hydrogen-bond acceptors (Lipinski definition) is 5. The number of halogens is 1. The zero-order valence-corrected chi connectivity index (χ0v) is 15.5. The van der Waals surface area contributed by atoms with Crippen molar-refractivity contribution < 1.29 is 21.2 Å². The summed E-state index contributed by atoms with van der Waals surface area (Å²) in [7, 11) is -4.97. The average molecular weight is 392 g/mol. The number of hydrogen-bond donors (Lipinski definition) is 1. The third kappa shape index (κ3) is 4.19. The number of benzene rings is 1. The van der Waals surface area contributed by atoms with E-state index >= 15 is 0 Å². The first-order valence-electron chi connectivity index (χ1n) is 6.84. The molecule has 0 saturated heterocycles. The van der Waals surface area contributed by atoms with Gasteiger partial charge in [0, 0.05) is 25.5 Å². The van der Waals surface area contributed by atoms with E-state index in [1.807, 2.05) is 0 Å². The third-order valence-electron chi connectivity index (χ3n) is 3.31. The summed E-state index contributed by atoms with van der Waals surface area (Å²) < 4.78 is 65.8. The second kappa shape index (κ2) is 7.28. The highest BCUT2D eigenvalue weighted by Crippen LogP contribution is 2.31. The first kappa shape index (κ1) is 19.0. The van der Waals surface area contributed by atoms with E-state index in [0.29, 0.717) is 4.88 Å². The largest absolute Gasteiger partial charge is 0.278 e. The molecule has 132 valence electrons. The fourth-order valence-electron chi connectivity index (χ4n) is 1.94. The van der Waals surface area contributed by atoms with Gasteiger partial charge in [0.1, 0.15) is 11.1 Å². The van der Waals surface area contributed by atoms with E-state index in [4.69, 9.17) is 0 Å². The fourth-order valence-corrected chi connectivity index (χ4v) is 5.46. The van der Waals surface area contributed by atoms with Crippen LogP contribution >= 0.6 is 11.3 Å². The van der Waals surface area contributed by atoms with E-state index in [9.17, 15) is 21.2 Å². The average Bonchev–Trinajstić information content (AvgIpc) is 3.01. The molecule has 1 unspecified atom stereocenters. The van der Waals surface area contributed by atoms with Crippen molar-refractivity contribution in [3.8, 4) is 0 Å². The Morgan fingerprint density at radius 3 is 2.25 bits per heavy atom. The minimum Gasteiger partial charge on any atom is -0.223 e. The summed E-state index contributed by atoms with van der Waals surface area (Å²) in [5.74, 6) is -0.546. The Hall–Kier alpha value is -1.33. The molecule has 1 atom stereocenters. The van der Waals surface area contributed by atoms with Crippen molar-refractivity contribution in [1.29, 1.82) is 0 Å². The van der Waals surface area contributed by atoms with Crippen LogP contribution in [0.2, 0.25) is 0 Å². The van der Waals surface area contributed by atoms with Crippen LogP contribution in [-0.2, 0) is 20.0 Å². The lowest BCUT2D eigenvalue weighted by atomic mass is 10.3. The fraction of sp³-hybridized carbons (Fsp3) is 0.286. The Labute approximate surface area is 145 Å². The lowest BCUT2D eigenvalue weighted by Crippen LogP contribution is -2.39. The standard InChI is InChI=1S/C14H17FN2O4S3/c1-17(2)24(20,21)16-10-14(13-4-3-9-22-13)23(18,19)12-7-5-11(15)6-8-12/h3-9,14,16H,10H2,1-2H3. The van der Waals surface area contributed by atoms with E-state index < -0.39 is 31.1 Å². The predicted molar refractivity (Wildman–Crippen MR) is 91.3 cm³/mol. The summed E-state index contributed by atoms with van der Waals surface area (Å²) in [6.07, 6.45) is 0. The van der Waals surface area contributed by atoms with Gasteiger partial charge in [-0.05, 0) is 35.7 Å². The molecule has 0 amide bonds. The Balaban J connectivity index is 2.38. The van der Waals surface area contributed by atoms with Crippen molar-refractivity contribution in [2.75, 3.05) is 20.6 Å². The highest BCUT2D eigenvalue weighted by Gasteiger charge is 2.31. The molecular weight excluding hydrogens is 375 g/mol. The van der Waals surface area contributed by atoms with Gasteiger partial charge in [0.2, 0.25) is 0 Å². The minimum absolute atomic E-state index is 0.0636. The molecule has 1 aromatic carbocycles. The van der Waals surface area contributed by atoms with Gasteiger partial charge in [0.25, 0.3) is 10.2 Å². The normalized spacial score (nSPS) is 14.0. The molecule has 1 heterocycles. The lowest BCUT2D eigenvalue weighted by Gasteiger charge is -2.19. The van der Waals surface area contributed by atoms with Crippen molar-refractivity contribution in [3.63, 3.8) is 0 Å². The van der Waals surface area contributed by atoms with E-state index in [-0.39, 0.29) is 11.4 Å². The maximum absolute atomic E-state index is 13.1. The zero-order valence-electron chi connectivity index (χ0n) is 13.0. The maximum atomic E-state index is 13.1. The van der Waals surface area contributed by atoms with Crippen LogP contribution < -0.4 is 4.72 Å². The monoisotopic (exact) mass is 392 g/mol. The van der Waals surface area contributed by atoms with Gasteiger partial charge in [0.05, 0.1) is 4.90 Å². The molecule has 0 radical (unpaired) electrons. The van der Waals surface area contributed by atoms with Crippen molar-refractivity contribution in [3.05, 3.63) is 52.5 Å². The van der Waals surface area contributed by atoms with Crippen LogP contribution in [0.4, 0.5) is 4.39 Å². The van der Waals surface area contributed by atoms with Crippen LogP contribution in [0.25, 0.3) is 0 Å². The molecule has 6 nitrogen and oxygen atoms in total. The molecule has 0 bridgehead atoms. The van der Waals surface area contributed by atoms with Gasteiger partial charge in [-0.15, -0.1) is 11.3 Å². The molecule has 1 N–H and O–H groups in total. The van der Waals surface area contributed by atoms with Crippen LogP contribution in [0.1, 0.15) is 10.1 Å². The molecule has 24 heavy (non-hydrogen) atoms. The topological polar surface area (TPSA) is 83.6 Å². The van der Waals surface area contributed by atoms with E-state index in [0.717, 1.165) is 16.4 Å². The van der Waals surface area contributed by atoms with E-state index in [2.05, 4.69) is 4.72 Å². The van der Waals surface area contributed by atoms with Gasteiger partial charge in [-0.1, -0.05) is 6.07 Å². The molecule has 0 aliphatic rings. The summed E-state index contributed by atoms with van der Waals surface area (Å²) in [6.45, 7) is -0.319. The van der Waals surface area contributed by atoms with Gasteiger partial charge < -0.3 is 0 Å². The Kier molecular flexibility index (Phi) is 5.76. The number of nitrogens with one attached hydrogen (secondary N) is 1. The predicted octanol–water partition coefficient (Wildman–Crippen LogP) is 1.80. The summed E-state index contributed by atoms with van der Waals surface area (Å²) in [4.78, 5) is 0.437. The second-order valence-electron chi connectivity index (χ2n) is 5.14. The minimum atomic E-state index is -3.89. The van der Waals surface area contributed by atoms with Crippen molar-refractivity contribution in [2.45, 2.75) is 10.1 Å². The Morgan fingerprint density at radius 1 is 1.12 bits per heavy atom. The highest BCUT2D eigenvalue weighted by atomic mass is 32.2. The molecule has 0 aliphatic heterocycles. The van der Waals surface area contributed by atoms with Gasteiger partial charge >= 0.3 is 0 Å². The van der Waals surface area contributed by atoms with Crippen molar-refractivity contribution in [2.24, 2.45) is 0 Å². The highest BCUT2D eigenvalue weighted by molar-refractivity contribution is 7.92. The number of sulfone groups is 1. The van der Waals surface area contributed by atoms with Gasteiger partial charge in [-0.25, -0.2) is 17.5 Å². The smallest absolute Gasteiger partial charge is 0.223 e. The Bertz CT molecular complexity index is 877. The number of thiophene rings is 1. The number of rotatable bonds is 7. The van der Waals surface area contributed by atoms with Crippen LogP contribution in [0.15, 0.2) is 46.7 Å². The summed E-state index contributed by atoms with van der Waals surface area (Å²) in [6, 6.07) is 7.77. The molecule has 10 heteroatoms. The molecule has 0 fully saturated rings. The van der Waals surface area contributed by atoms with Crippen LogP contribution in [0.3, 0.4) is 0 Å². The van der Waals surface area contributed by atoms with Crippen molar-refractivity contribution in [1.82, 2.24) is 9.03 Å². The van der Waals surface area contributed by atoms with E-state index in [1.54, 1.807) is 17.5 Å². The first-order valence-corrected chi connectivity index (χ1v) is 10.7. The molecular formula is C14H17FN2O4S3. The number of nitrogens with zero attached hydrogens (tertiary/aromatic N) is 1. The summed E-state index contributed by atoms with van der Waals surface area (Å²) >= 11 is 1.21. The van der Waals surface area contributed by atoms with Gasteiger partial charge in [-0.2, -0.15) is 12.7 Å². The third-order valence-corrected chi connectivity index (χ3v) is 8.04. The van der Waals surface area contributed by atoms with Gasteiger partial charge in [0.15, 0.2) is 9.84 Å².